The first-order valence-corrected chi connectivity index (χ1v) is 4.49. The Labute approximate surface area is 85.1 Å². The van der Waals surface area contributed by atoms with Gasteiger partial charge < -0.3 is 10.1 Å². The molecule has 0 unspecified atom stereocenters. The lowest BCUT2D eigenvalue weighted by molar-refractivity contribution is 0.0689. The van der Waals surface area contributed by atoms with E-state index in [9.17, 15) is 4.79 Å². The van der Waals surface area contributed by atoms with Crippen LogP contribution in [0.4, 0.5) is 0 Å². The standard InChI is InChI=1S/C9H9ClN2O2/c1-4-3-6-11-8(10)7(9(13)14)12(6)5(4)2/h3,11H,1-2H3,(H,13,14). The third kappa shape index (κ3) is 1.04. The third-order valence-corrected chi connectivity index (χ3v) is 2.65. The van der Waals surface area contributed by atoms with Crippen molar-refractivity contribution in [3.05, 3.63) is 28.2 Å². The number of aromatic nitrogens is 2. The van der Waals surface area contributed by atoms with Gasteiger partial charge in [0, 0.05) is 5.69 Å². The van der Waals surface area contributed by atoms with Crippen molar-refractivity contribution < 1.29 is 9.90 Å². The highest BCUT2D eigenvalue weighted by Crippen LogP contribution is 2.23. The highest BCUT2D eigenvalue weighted by molar-refractivity contribution is 6.32. The number of nitrogens with one attached hydrogen (secondary N) is 1. The number of carbonyl (C=O) groups is 1. The van der Waals surface area contributed by atoms with E-state index in [1.807, 2.05) is 19.9 Å². The maximum atomic E-state index is 10.9. The Bertz CT molecular complexity index is 524. The van der Waals surface area contributed by atoms with E-state index in [0.717, 1.165) is 11.3 Å². The van der Waals surface area contributed by atoms with E-state index in [4.69, 9.17) is 16.7 Å². The third-order valence-electron chi connectivity index (χ3n) is 2.37. The van der Waals surface area contributed by atoms with E-state index in [1.54, 1.807) is 4.40 Å². The van der Waals surface area contributed by atoms with Crippen molar-refractivity contribution in [1.29, 1.82) is 0 Å². The van der Waals surface area contributed by atoms with E-state index in [0.29, 0.717) is 5.65 Å². The number of rotatable bonds is 1. The van der Waals surface area contributed by atoms with Gasteiger partial charge in [-0.1, -0.05) is 11.6 Å². The molecular formula is C9H9ClN2O2. The summed E-state index contributed by atoms with van der Waals surface area (Å²) in [7, 11) is 0. The van der Waals surface area contributed by atoms with Crippen molar-refractivity contribution in [2.75, 3.05) is 0 Å². The summed E-state index contributed by atoms with van der Waals surface area (Å²) in [6, 6.07) is 1.87. The molecule has 14 heavy (non-hydrogen) atoms. The van der Waals surface area contributed by atoms with Gasteiger partial charge >= 0.3 is 5.97 Å². The fraction of sp³-hybridized carbons (Fsp3) is 0.222. The highest BCUT2D eigenvalue weighted by atomic mass is 35.5. The quantitative estimate of drug-likeness (QED) is 0.762. The molecule has 0 bridgehead atoms. The second-order valence-electron chi connectivity index (χ2n) is 3.23. The Morgan fingerprint density at radius 1 is 1.57 bits per heavy atom. The van der Waals surface area contributed by atoms with Crippen LogP contribution in [0.3, 0.4) is 0 Å². The Balaban J connectivity index is 2.91. The van der Waals surface area contributed by atoms with Gasteiger partial charge in [0.1, 0.15) is 10.8 Å². The molecule has 2 N–H and O–H groups in total. The minimum absolute atomic E-state index is 0.0901. The lowest BCUT2D eigenvalue weighted by Gasteiger charge is -1.96. The van der Waals surface area contributed by atoms with Crippen LogP contribution >= 0.6 is 11.6 Å². The summed E-state index contributed by atoms with van der Waals surface area (Å²) in [6.07, 6.45) is 0. The van der Waals surface area contributed by atoms with E-state index < -0.39 is 5.97 Å². The van der Waals surface area contributed by atoms with Crippen molar-refractivity contribution in [2.45, 2.75) is 13.8 Å². The van der Waals surface area contributed by atoms with Gasteiger partial charge in [-0.15, -0.1) is 0 Å². The molecule has 0 saturated carbocycles. The normalized spacial score (nSPS) is 11.1. The summed E-state index contributed by atoms with van der Waals surface area (Å²) in [6.45, 7) is 3.79. The minimum Gasteiger partial charge on any atom is -0.476 e. The van der Waals surface area contributed by atoms with E-state index in [2.05, 4.69) is 4.98 Å². The largest absolute Gasteiger partial charge is 0.476 e. The average Bonchev–Trinajstić information content (AvgIpc) is 2.51. The molecule has 0 aliphatic rings. The lowest BCUT2D eigenvalue weighted by Crippen LogP contribution is -2.03. The molecule has 2 aromatic heterocycles. The van der Waals surface area contributed by atoms with E-state index in [-0.39, 0.29) is 10.8 Å². The molecule has 0 saturated heterocycles. The maximum Gasteiger partial charge on any atom is 0.356 e. The molecule has 0 fully saturated rings. The first-order valence-electron chi connectivity index (χ1n) is 4.11. The second-order valence-corrected chi connectivity index (χ2v) is 3.60. The molecule has 2 heterocycles. The van der Waals surface area contributed by atoms with Gasteiger partial charge in [0.15, 0.2) is 5.69 Å². The fourth-order valence-corrected chi connectivity index (χ4v) is 1.83. The number of nitrogens with zero attached hydrogens (tertiary/aromatic N) is 1. The fourth-order valence-electron chi connectivity index (χ4n) is 1.57. The summed E-state index contributed by atoms with van der Waals surface area (Å²) in [4.78, 5) is 13.8. The molecule has 0 radical (unpaired) electrons. The van der Waals surface area contributed by atoms with Crippen LogP contribution in [0.15, 0.2) is 6.07 Å². The van der Waals surface area contributed by atoms with Crippen LogP contribution in [-0.2, 0) is 0 Å². The Morgan fingerprint density at radius 2 is 2.21 bits per heavy atom. The molecule has 5 heteroatoms. The smallest absolute Gasteiger partial charge is 0.356 e. The predicted molar refractivity (Wildman–Crippen MR) is 53.2 cm³/mol. The number of aromatic amines is 1. The van der Waals surface area contributed by atoms with Gasteiger partial charge in [-0.2, -0.15) is 0 Å². The van der Waals surface area contributed by atoms with Gasteiger partial charge in [0.2, 0.25) is 0 Å². The summed E-state index contributed by atoms with van der Waals surface area (Å²) in [5.41, 5.74) is 2.73. The molecule has 0 aromatic carbocycles. The summed E-state index contributed by atoms with van der Waals surface area (Å²) >= 11 is 5.77. The molecule has 0 aliphatic carbocycles. The van der Waals surface area contributed by atoms with Crippen LogP contribution < -0.4 is 0 Å². The molecule has 0 amide bonds. The number of aromatic carboxylic acids is 1. The minimum atomic E-state index is -1.03. The number of aryl methyl sites for hydroxylation is 2. The highest BCUT2D eigenvalue weighted by Gasteiger charge is 2.18. The van der Waals surface area contributed by atoms with Crippen LogP contribution in [0.2, 0.25) is 5.15 Å². The molecule has 0 aliphatic heterocycles. The number of hydrogen-bond acceptors (Lipinski definition) is 1. The van der Waals surface area contributed by atoms with Crippen molar-refractivity contribution in [1.82, 2.24) is 9.38 Å². The molecule has 2 aromatic rings. The molecular weight excluding hydrogens is 204 g/mol. The first-order chi connectivity index (χ1) is 6.52. The Kier molecular flexibility index (Phi) is 1.82. The average molecular weight is 213 g/mol. The zero-order valence-electron chi connectivity index (χ0n) is 7.76. The van der Waals surface area contributed by atoms with Gasteiger partial charge in [-0.3, -0.25) is 4.40 Å². The Hall–Kier alpha value is -1.42. The van der Waals surface area contributed by atoms with Crippen LogP contribution in [-0.4, -0.2) is 20.5 Å². The number of fused-ring (bicyclic) bond motifs is 1. The number of halogens is 1. The molecule has 4 nitrogen and oxygen atoms in total. The van der Waals surface area contributed by atoms with E-state index in [1.165, 1.54) is 0 Å². The zero-order valence-corrected chi connectivity index (χ0v) is 8.51. The first kappa shape index (κ1) is 9.15. The van der Waals surface area contributed by atoms with Crippen molar-refractivity contribution in [3.8, 4) is 0 Å². The predicted octanol–water partition coefficient (Wildman–Crippen LogP) is 2.24. The van der Waals surface area contributed by atoms with Crippen LogP contribution in [0, 0.1) is 13.8 Å². The SMILES string of the molecule is Cc1cc2[nH]c(Cl)c(C(=O)O)n2c1C. The summed E-state index contributed by atoms with van der Waals surface area (Å²) in [5, 5.41) is 9.12. The number of carboxylic acids is 1. The molecule has 0 spiro atoms. The number of hydrogen-bond donors (Lipinski definition) is 2. The van der Waals surface area contributed by atoms with Crippen LogP contribution in [0.25, 0.3) is 5.65 Å². The number of imidazole rings is 1. The van der Waals surface area contributed by atoms with Gasteiger partial charge in [0.05, 0.1) is 0 Å². The topological polar surface area (TPSA) is 57.5 Å². The zero-order chi connectivity index (χ0) is 10.5. The molecule has 0 atom stereocenters. The monoisotopic (exact) mass is 212 g/mol. The van der Waals surface area contributed by atoms with Gasteiger partial charge in [-0.25, -0.2) is 4.79 Å². The Morgan fingerprint density at radius 3 is 2.79 bits per heavy atom. The maximum absolute atomic E-state index is 10.9. The summed E-state index contributed by atoms with van der Waals surface area (Å²) < 4.78 is 1.61. The van der Waals surface area contributed by atoms with Crippen molar-refractivity contribution in [2.24, 2.45) is 0 Å². The lowest BCUT2D eigenvalue weighted by atomic mass is 10.3. The molecule has 2 rings (SSSR count). The number of carboxylic acid groups (broad SMARTS) is 1. The second kappa shape index (κ2) is 2.78. The summed E-state index contributed by atoms with van der Waals surface area (Å²) in [5.74, 6) is -1.03. The van der Waals surface area contributed by atoms with Crippen molar-refractivity contribution in [3.63, 3.8) is 0 Å². The van der Waals surface area contributed by atoms with Gasteiger partial charge in [-0.05, 0) is 25.5 Å². The van der Waals surface area contributed by atoms with Crippen LogP contribution in [0.1, 0.15) is 21.7 Å². The van der Waals surface area contributed by atoms with Gasteiger partial charge in [0.25, 0.3) is 0 Å². The van der Waals surface area contributed by atoms with E-state index >= 15 is 0 Å². The molecule has 74 valence electrons. The number of H-pyrrole nitrogens is 1. The van der Waals surface area contributed by atoms with Crippen LogP contribution in [0.5, 0.6) is 0 Å². The van der Waals surface area contributed by atoms with Crippen molar-refractivity contribution >= 4 is 23.2 Å².